The van der Waals surface area contributed by atoms with Gasteiger partial charge in [0.05, 0.1) is 12.7 Å². The Labute approximate surface area is 351 Å². The number of esters is 1. The van der Waals surface area contributed by atoms with Gasteiger partial charge in [-0.1, -0.05) is 178 Å². The number of hydrogen-bond donors (Lipinski definition) is 1. The van der Waals surface area contributed by atoms with Gasteiger partial charge < -0.3 is 24.3 Å². The Hall–Kier alpha value is -2.55. The predicted octanol–water partition coefficient (Wildman–Crippen LogP) is 13.2. The summed E-state index contributed by atoms with van der Waals surface area (Å²) < 4.78 is 24.1. The second-order valence-corrected chi connectivity index (χ2v) is 18.1. The van der Waals surface area contributed by atoms with Crippen LogP contribution >= 0.6 is 11.8 Å². The molecular weight excluding hydrogens is 731 g/mol. The molecule has 7 nitrogen and oxygen atoms in total. The number of carbonyl (C=O) groups excluding carboxylic acids is 2. The van der Waals surface area contributed by atoms with Crippen molar-refractivity contribution in [2.75, 3.05) is 37.9 Å². The van der Waals surface area contributed by atoms with Crippen molar-refractivity contribution in [2.45, 2.75) is 187 Å². The third kappa shape index (κ3) is 20.8. The van der Waals surface area contributed by atoms with Gasteiger partial charge in [-0.2, -0.15) is 11.8 Å². The third-order valence-electron chi connectivity index (χ3n) is 10.7. The first kappa shape index (κ1) is 48.8. The number of hydrogen-bond acceptors (Lipinski definition) is 7. The predicted molar refractivity (Wildman–Crippen MR) is 239 cm³/mol. The van der Waals surface area contributed by atoms with Crippen LogP contribution in [0.25, 0.3) is 11.1 Å². The van der Waals surface area contributed by atoms with E-state index in [0.717, 1.165) is 30.6 Å². The Morgan fingerprint density at radius 2 is 1.12 bits per heavy atom. The number of fused-ring (bicyclic) bond motifs is 3. The SMILES string of the molecule is CCCCCCCCCCCCOCC(CSCC(NC(=O)OCC1c2ccccc2-c2ccccc21)C(=O)OC(C)(C)C)OCCCCCCCCCCCC. The summed E-state index contributed by atoms with van der Waals surface area (Å²) in [4.78, 5) is 26.7. The zero-order chi connectivity index (χ0) is 41.0. The fraction of sp³-hybridized carbons (Fsp3) is 0.714. The second-order valence-electron chi connectivity index (χ2n) is 17.0. The highest BCUT2D eigenvalue weighted by Crippen LogP contribution is 2.44. The van der Waals surface area contributed by atoms with Crippen molar-refractivity contribution >= 4 is 23.8 Å². The van der Waals surface area contributed by atoms with Crippen LogP contribution in [-0.2, 0) is 23.7 Å². The lowest BCUT2D eigenvalue weighted by Gasteiger charge is -2.25. The Bertz CT molecular complexity index is 1320. The van der Waals surface area contributed by atoms with Crippen molar-refractivity contribution < 1.29 is 28.5 Å². The first-order valence-corrected chi connectivity index (χ1v) is 24.0. The monoisotopic (exact) mass is 810 g/mol. The molecule has 2 aromatic carbocycles. The van der Waals surface area contributed by atoms with E-state index in [4.69, 9.17) is 18.9 Å². The summed E-state index contributed by atoms with van der Waals surface area (Å²) in [6.45, 7) is 12.2. The lowest BCUT2D eigenvalue weighted by atomic mass is 9.98. The van der Waals surface area contributed by atoms with Gasteiger partial charge in [0, 0.05) is 30.6 Å². The molecule has 0 aliphatic heterocycles. The Morgan fingerprint density at radius 1 is 0.649 bits per heavy atom. The third-order valence-corrected chi connectivity index (χ3v) is 11.9. The molecule has 0 radical (unpaired) electrons. The maximum Gasteiger partial charge on any atom is 0.407 e. The van der Waals surface area contributed by atoms with Crippen LogP contribution in [0.1, 0.15) is 180 Å². The molecule has 57 heavy (non-hydrogen) atoms. The molecule has 3 rings (SSSR count). The van der Waals surface area contributed by atoms with Crippen LogP contribution in [0.4, 0.5) is 4.79 Å². The molecule has 0 fully saturated rings. The molecule has 2 aromatic rings. The van der Waals surface area contributed by atoms with Gasteiger partial charge in [0.1, 0.15) is 18.2 Å². The Morgan fingerprint density at radius 3 is 1.63 bits per heavy atom. The molecule has 1 N–H and O–H groups in total. The first-order chi connectivity index (χ1) is 27.7. The van der Waals surface area contributed by atoms with Crippen molar-refractivity contribution in [2.24, 2.45) is 0 Å². The Kier molecular flexibility index (Phi) is 25.4. The standard InChI is InChI=1S/C49H79NO6S/c1-6-8-10-12-14-16-18-20-22-28-34-53-36-40(54-35-29-23-21-19-17-15-13-11-9-7-2)38-57-39-46(47(51)56-49(3,4)5)50-48(52)55-37-45-43-32-26-24-30-41(43)42-31-25-27-33-44(42)45/h24-27,30-33,40,45-46H,6-23,28-29,34-39H2,1-5H3,(H,50,52). The second kappa shape index (κ2) is 29.6. The number of amides is 1. The van der Waals surface area contributed by atoms with E-state index in [2.05, 4.69) is 43.4 Å². The number of benzene rings is 2. The van der Waals surface area contributed by atoms with Gasteiger partial charge in [-0.25, -0.2) is 9.59 Å². The van der Waals surface area contributed by atoms with E-state index in [1.54, 1.807) is 11.8 Å². The zero-order valence-electron chi connectivity index (χ0n) is 36.6. The molecule has 0 bridgehead atoms. The number of unbranched alkanes of at least 4 members (excludes halogenated alkanes) is 18. The molecule has 0 saturated carbocycles. The number of ether oxygens (including phenoxy) is 4. The lowest BCUT2D eigenvalue weighted by Crippen LogP contribution is -2.46. The van der Waals surface area contributed by atoms with Crippen LogP contribution < -0.4 is 5.32 Å². The molecule has 0 aromatic heterocycles. The summed E-state index contributed by atoms with van der Waals surface area (Å²) in [5, 5.41) is 2.84. The van der Waals surface area contributed by atoms with E-state index >= 15 is 0 Å². The summed E-state index contributed by atoms with van der Waals surface area (Å²) in [7, 11) is 0. The van der Waals surface area contributed by atoms with E-state index in [1.807, 2.05) is 45.0 Å². The number of thioether (sulfide) groups is 1. The number of alkyl carbamates (subject to hydrolysis) is 1. The molecule has 322 valence electrons. The van der Waals surface area contributed by atoms with Crippen molar-refractivity contribution in [3.63, 3.8) is 0 Å². The van der Waals surface area contributed by atoms with Crippen LogP contribution in [0.3, 0.4) is 0 Å². The number of nitrogens with one attached hydrogen (secondary N) is 1. The zero-order valence-corrected chi connectivity index (χ0v) is 37.4. The molecule has 0 saturated heterocycles. The van der Waals surface area contributed by atoms with Crippen molar-refractivity contribution in [3.8, 4) is 11.1 Å². The summed E-state index contributed by atoms with van der Waals surface area (Å²) in [5.41, 5.74) is 3.94. The molecular formula is C49H79NO6S. The maximum absolute atomic E-state index is 13.4. The molecule has 8 heteroatoms. The quantitative estimate of drug-likeness (QED) is 0.0568. The van der Waals surface area contributed by atoms with Gasteiger partial charge >= 0.3 is 12.1 Å². The van der Waals surface area contributed by atoms with Gasteiger partial charge in [0.15, 0.2) is 0 Å². The fourth-order valence-corrected chi connectivity index (χ4v) is 8.58. The maximum atomic E-state index is 13.4. The van der Waals surface area contributed by atoms with Gasteiger partial charge in [0.2, 0.25) is 0 Å². The normalized spacial score (nSPS) is 13.6. The highest BCUT2D eigenvalue weighted by molar-refractivity contribution is 7.99. The van der Waals surface area contributed by atoms with Crippen molar-refractivity contribution in [1.82, 2.24) is 5.32 Å². The largest absolute Gasteiger partial charge is 0.458 e. The molecule has 0 spiro atoms. The summed E-state index contributed by atoms with van der Waals surface area (Å²) in [6, 6.07) is 15.7. The topological polar surface area (TPSA) is 83.1 Å². The van der Waals surface area contributed by atoms with Crippen LogP contribution in [0, 0.1) is 0 Å². The van der Waals surface area contributed by atoms with Crippen LogP contribution in [0.2, 0.25) is 0 Å². The van der Waals surface area contributed by atoms with Gasteiger partial charge in [-0.15, -0.1) is 0 Å². The van der Waals surface area contributed by atoms with Crippen molar-refractivity contribution in [1.29, 1.82) is 0 Å². The average molecular weight is 810 g/mol. The van der Waals surface area contributed by atoms with Gasteiger partial charge in [-0.3, -0.25) is 0 Å². The fourth-order valence-electron chi connectivity index (χ4n) is 7.53. The summed E-state index contributed by atoms with van der Waals surface area (Å²) in [6.07, 6.45) is 25.1. The highest BCUT2D eigenvalue weighted by atomic mass is 32.2. The summed E-state index contributed by atoms with van der Waals surface area (Å²) >= 11 is 1.58. The first-order valence-electron chi connectivity index (χ1n) is 22.8. The van der Waals surface area contributed by atoms with E-state index in [-0.39, 0.29) is 18.6 Å². The van der Waals surface area contributed by atoms with Crippen LogP contribution in [0.15, 0.2) is 48.5 Å². The van der Waals surface area contributed by atoms with Crippen LogP contribution in [-0.4, -0.2) is 67.7 Å². The molecule has 1 aliphatic carbocycles. The minimum Gasteiger partial charge on any atom is -0.458 e. The highest BCUT2D eigenvalue weighted by Gasteiger charge is 2.31. The molecule has 1 amide bonds. The summed E-state index contributed by atoms with van der Waals surface area (Å²) in [5.74, 6) is 0.465. The number of carbonyl (C=O) groups is 2. The number of rotatable bonds is 33. The van der Waals surface area contributed by atoms with E-state index in [9.17, 15) is 9.59 Å². The van der Waals surface area contributed by atoms with E-state index < -0.39 is 23.7 Å². The van der Waals surface area contributed by atoms with E-state index in [1.165, 1.54) is 127 Å². The average Bonchev–Trinajstić information content (AvgIpc) is 3.51. The van der Waals surface area contributed by atoms with Gasteiger partial charge in [-0.05, 0) is 55.9 Å². The lowest BCUT2D eigenvalue weighted by molar-refractivity contribution is -0.156. The van der Waals surface area contributed by atoms with Crippen LogP contribution in [0.5, 0.6) is 0 Å². The van der Waals surface area contributed by atoms with Gasteiger partial charge in [0.25, 0.3) is 0 Å². The van der Waals surface area contributed by atoms with Crippen molar-refractivity contribution in [3.05, 3.63) is 59.7 Å². The molecule has 0 heterocycles. The minimum absolute atomic E-state index is 0.0636. The smallest absolute Gasteiger partial charge is 0.407 e. The Balaban J connectivity index is 1.47. The minimum atomic E-state index is -0.861. The molecule has 2 atom stereocenters. The van der Waals surface area contributed by atoms with E-state index in [0.29, 0.717) is 24.7 Å². The molecule has 2 unspecified atom stereocenters. The molecule has 1 aliphatic rings.